The van der Waals surface area contributed by atoms with E-state index in [1.165, 1.54) is 12.8 Å². The van der Waals surface area contributed by atoms with E-state index in [1.807, 2.05) is 0 Å². The van der Waals surface area contributed by atoms with Crippen molar-refractivity contribution in [3.8, 4) is 0 Å². The summed E-state index contributed by atoms with van der Waals surface area (Å²) in [5.74, 6) is 1.97. The maximum atomic E-state index is 11.9. The second kappa shape index (κ2) is 6.26. The third-order valence-electron chi connectivity index (χ3n) is 3.58. The van der Waals surface area contributed by atoms with E-state index in [0.717, 1.165) is 25.7 Å². The molecule has 0 heterocycles. The zero-order valence-corrected chi connectivity index (χ0v) is 10.2. The average molecular weight is 211 g/mol. The van der Waals surface area contributed by atoms with Crippen LogP contribution in [0.15, 0.2) is 0 Å². The Morgan fingerprint density at radius 1 is 1.40 bits per heavy atom. The van der Waals surface area contributed by atoms with Crippen LogP contribution in [0.25, 0.3) is 0 Å². The van der Waals surface area contributed by atoms with Crippen LogP contribution in [-0.2, 0) is 4.79 Å². The largest absolute Gasteiger partial charge is 0.330 e. The topological polar surface area (TPSA) is 43.1 Å². The molecule has 0 aliphatic heterocycles. The van der Waals surface area contributed by atoms with Gasteiger partial charge in [0, 0.05) is 12.3 Å². The van der Waals surface area contributed by atoms with Gasteiger partial charge in [0.2, 0.25) is 0 Å². The van der Waals surface area contributed by atoms with Crippen LogP contribution in [0.5, 0.6) is 0 Å². The maximum Gasteiger partial charge on any atom is 0.136 e. The molecule has 2 nitrogen and oxygen atoms in total. The third kappa shape index (κ3) is 3.94. The fourth-order valence-corrected chi connectivity index (χ4v) is 2.61. The minimum absolute atomic E-state index is 0.294. The van der Waals surface area contributed by atoms with Crippen LogP contribution in [-0.4, -0.2) is 12.3 Å². The van der Waals surface area contributed by atoms with Gasteiger partial charge in [-0.3, -0.25) is 4.79 Å². The van der Waals surface area contributed by atoms with Gasteiger partial charge in [-0.15, -0.1) is 0 Å². The fraction of sp³-hybridized carbons (Fsp3) is 0.923. The monoisotopic (exact) mass is 211 g/mol. The van der Waals surface area contributed by atoms with E-state index in [1.54, 1.807) is 0 Å². The summed E-state index contributed by atoms with van der Waals surface area (Å²) in [6.45, 7) is 5.12. The Morgan fingerprint density at radius 3 is 2.73 bits per heavy atom. The molecule has 1 aliphatic carbocycles. The Bertz CT molecular complexity index is 201. The van der Waals surface area contributed by atoms with Crippen LogP contribution in [0.2, 0.25) is 0 Å². The second-order valence-electron chi connectivity index (χ2n) is 5.29. The van der Waals surface area contributed by atoms with Gasteiger partial charge in [-0.05, 0) is 37.6 Å². The molecule has 88 valence electrons. The highest BCUT2D eigenvalue weighted by atomic mass is 16.1. The molecule has 2 heteroatoms. The molecule has 0 aromatic rings. The number of nitrogens with two attached hydrogens (primary N) is 1. The molecule has 0 amide bonds. The highest BCUT2D eigenvalue weighted by Gasteiger charge is 2.30. The number of hydrogen-bond acceptors (Lipinski definition) is 2. The molecule has 0 spiro atoms. The number of ketones is 1. The third-order valence-corrected chi connectivity index (χ3v) is 3.58. The number of Topliss-reactive ketones (excluding diaryl/α,β-unsaturated/α-hetero) is 1. The summed E-state index contributed by atoms with van der Waals surface area (Å²) in [5.41, 5.74) is 5.69. The van der Waals surface area contributed by atoms with Crippen molar-refractivity contribution >= 4 is 5.78 Å². The summed E-state index contributed by atoms with van der Waals surface area (Å²) < 4.78 is 0. The van der Waals surface area contributed by atoms with Crippen molar-refractivity contribution in [1.82, 2.24) is 0 Å². The minimum atomic E-state index is 0.294. The molecule has 0 aromatic carbocycles. The van der Waals surface area contributed by atoms with E-state index in [0.29, 0.717) is 30.1 Å². The van der Waals surface area contributed by atoms with Crippen molar-refractivity contribution in [2.75, 3.05) is 6.54 Å². The van der Waals surface area contributed by atoms with Crippen molar-refractivity contribution < 1.29 is 4.79 Å². The quantitative estimate of drug-likeness (QED) is 0.734. The smallest absolute Gasteiger partial charge is 0.136 e. The van der Waals surface area contributed by atoms with E-state index in [-0.39, 0.29) is 0 Å². The van der Waals surface area contributed by atoms with Crippen LogP contribution < -0.4 is 5.73 Å². The van der Waals surface area contributed by atoms with Crippen LogP contribution in [0.4, 0.5) is 0 Å². The molecule has 0 saturated heterocycles. The van der Waals surface area contributed by atoms with Crippen LogP contribution >= 0.6 is 0 Å². The van der Waals surface area contributed by atoms with Crippen LogP contribution in [0.3, 0.4) is 0 Å². The van der Waals surface area contributed by atoms with E-state index in [2.05, 4.69) is 13.8 Å². The lowest BCUT2D eigenvalue weighted by molar-refractivity contribution is -0.123. The molecular weight excluding hydrogens is 186 g/mol. The van der Waals surface area contributed by atoms with Gasteiger partial charge in [0.1, 0.15) is 5.78 Å². The van der Waals surface area contributed by atoms with Crippen molar-refractivity contribution in [1.29, 1.82) is 0 Å². The van der Waals surface area contributed by atoms with Crippen LogP contribution in [0, 0.1) is 17.8 Å². The highest BCUT2D eigenvalue weighted by molar-refractivity contribution is 5.81. The summed E-state index contributed by atoms with van der Waals surface area (Å²) in [6, 6.07) is 0. The minimum Gasteiger partial charge on any atom is -0.330 e. The molecule has 2 atom stereocenters. The first kappa shape index (κ1) is 12.7. The molecule has 0 aromatic heterocycles. The van der Waals surface area contributed by atoms with Gasteiger partial charge in [0.05, 0.1) is 0 Å². The predicted molar refractivity (Wildman–Crippen MR) is 63.6 cm³/mol. The Kier molecular flexibility index (Phi) is 5.30. The molecule has 1 fully saturated rings. The highest BCUT2D eigenvalue weighted by Crippen LogP contribution is 2.32. The molecule has 15 heavy (non-hydrogen) atoms. The first-order chi connectivity index (χ1) is 7.15. The van der Waals surface area contributed by atoms with Crippen molar-refractivity contribution in [3.05, 3.63) is 0 Å². The molecule has 1 rings (SSSR count). The zero-order valence-electron chi connectivity index (χ0n) is 10.2. The number of carbonyl (C=O) groups excluding carboxylic acids is 1. The molecule has 1 saturated carbocycles. The lowest BCUT2D eigenvalue weighted by Gasteiger charge is -2.16. The van der Waals surface area contributed by atoms with Crippen molar-refractivity contribution in [2.45, 2.75) is 52.4 Å². The summed E-state index contributed by atoms with van der Waals surface area (Å²) in [4.78, 5) is 11.9. The van der Waals surface area contributed by atoms with Crippen molar-refractivity contribution in [2.24, 2.45) is 23.5 Å². The van der Waals surface area contributed by atoms with Gasteiger partial charge in [-0.2, -0.15) is 0 Å². The number of hydrogen-bond donors (Lipinski definition) is 1. The maximum absolute atomic E-state index is 11.9. The van der Waals surface area contributed by atoms with Gasteiger partial charge in [-0.25, -0.2) is 0 Å². The zero-order chi connectivity index (χ0) is 11.3. The van der Waals surface area contributed by atoms with E-state index < -0.39 is 0 Å². The number of carbonyl (C=O) groups is 1. The van der Waals surface area contributed by atoms with Crippen molar-refractivity contribution in [3.63, 3.8) is 0 Å². The Balaban J connectivity index is 2.27. The molecule has 1 aliphatic rings. The van der Waals surface area contributed by atoms with Gasteiger partial charge in [0.15, 0.2) is 0 Å². The summed E-state index contributed by atoms with van der Waals surface area (Å²) in [7, 11) is 0. The van der Waals surface area contributed by atoms with Crippen LogP contribution in [0.1, 0.15) is 52.4 Å². The first-order valence-electron chi connectivity index (χ1n) is 6.38. The molecule has 2 N–H and O–H groups in total. The molecule has 0 radical (unpaired) electrons. The summed E-state index contributed by atoms with van der Waals surface area (Å²) in [6.07, 6.45) is 6.46. The predicted octanol–water partition coefficient (Wildman–Crippen LogP) is 2.76. The number of rotatable bonds is 6. The van der Waals surface area contributed by atoms with E-state index >= 15 is 0 Å². The van der Waals surface area contributed by atoms with E-state index in [9.17, 15) is 4.79 Å². The molecule has 0 bridgehead atoms. The second-order valence-corrected chi connectivity index (χ2v) is 5.29. The van der Waals surface area contributed by atoms with Gasteiger partial charge in [0.25, 0.3) is 0 Å². The molecule has 2 unspecified atom stereocenters. The van der Waals surface area contributed by atoms with E-state index in [4.69, 9.17) is 5.73 Å². The van der Waals surface area contributed by atoms with Gasteiger partial charge in [-0.1, -0.05) is 26.7 Å². The Morgan fingerprint density at radius 2 is 2.13 bits per heavy atom. The summed E-state index contributed by atoms with van der Waals surface area (Å²) in [5, 5.41) is 0. The lowest BCUT2D eigenvalue weighted by Crippen LogP contribution is -2.25. The standard InChI is InChI=1S/C13H25NO/c1-10(2)5-3-8-13(15)12-7-4-6-11(12)9-14/h10-12H,3-9,14H2,1-2H3. The normalized spacial score (nSPS) is 26.1. The average Bonchev–Trinajstić information content (AvgIpc) is 2.64. The first-order valence-corrected chi connectivity index (χ1v) is 6.38. The Hall–Kier alpha value is -0.370. The molecular formula is C13H25NO. The fourth-order valence-electron chi connectivity index (χ4n) is 2.61. The van der Waals surface area contributed by atoms with Gasteiger partial charge >= 0.3 is 0 Å². The SMILES string of the molecule is CC(C)CCCC(=O)C1CCCC1CN. The van der Waals surface area contributed by atoms with Gasteiger partial charge < -0.3 is 5.73 Å². The summed E-state index contributed by atoms with van der Waals surface area (Å²) >= 11 is 0. The Labute approximate surface area is 93.6 Å². The lowest BCUT2D eigenvalue weighted by atomic mass is 9.89.